The molecule has 7 nitrogen and oxygen atoms in total. The fourth-order valence-electron chi connectivity index (χ4n) is 3.42. The minimum absolute atomic E-state index is 0.0694. The third kappa shape index (κ3) is 27.2. The molecule has 0 heterocycles. The number of hydrogen-bond acceptors (Lipinski definition) is 6. The summed E-state index contributed by atoms with van der Waals surface area (Å²) in [4.78, 5) is 12.2. The van der Waals surface area contributed by atoms with Crippen LogP contribution in [0.15, 0.2) is 0 Å². The molecule has 0 amide bonds. The van der Waals surface area contributed by atoms with E-state index in [4.69, 9.17) is 25.5 Å². The van der Waals surface area contributed by atoms with E-state index in [2.05, 4.69) is 6.92 Å². The van der Waals surface area contributed by atoms with Crippen LogP contribution in [0.3, 0.4) is 0 Å². The van der Waals surface area contributed by atoms with E-state index in [1.165, 1.54) is 77.0 Å². The number of aliphatic hydroxyl groups is 4. The van der Waals surface area contributed by atoms with Crippen LogP contribution in [0.25, 0.3) is 0 Å². The molecule has 1 atom stereocenters. The van der Waals surface area contributed by atoms with E-state index in [-0.39, 0.29) is 19.8 Å². The van der Waals surface area contributed by atoms with Crippen LogP contribution in [-0.4, -0.2) is 82.0 Å². The normalized spacial score (nSPS) is 11.9. The number of carboxylic acid groups (broad SMARTS) is 1. The Labute approximate surface area is 190 Å². The molecular formula is C24H51NO6. The van der Waals surface area contributed by atoms with Crippen molar-refractivity contribution in [2.75, 3.05) is 39.5 Å². The highest BCUT2D eigenvalue weighted by Crippen LogP contribution is 2.13. The van der Waals surface area contributed by atoms with Gasteiger partial charge in [0.05, 0.1) is 19.8 Å². The van der Waals surface area contributed by atoms with E-state index in [0.29, 0.717) is 26.1 Å². The molecule has 0 saturated carbocycles. The summed E-state index contributed by atoms with van der Waals surface area (Å²) in [5.74, 6) is -1.09. The highest BCUT2D eigenvalue weighted by atomic mass is 16.4. The summed E-state index contributed by atoms with van der Waals surface area (Å²) in [5.41, 5.74) is 0. The third-order valence-electron chi connectivity index (χ3n) is 5.36. The molecule has 0 fully saturated rings. The molecule has 0 aliphatic carbocycles. The van der Waals surface area contributed by atoms with Gasteiger partial charge in [0.1, 0.15) is 0 Å². The number of carboxylic acids is 1. The number of rotatable bonds is 22. The largest absolute Gasteiger partial charge is 0.479 e. The smallest absolute Gasteiger partial charge is 0.332 e. The Balaban J connectivity index is 0. The van der Waals surface area contributed by atoms with E-state index in [1.54, 1.807) is 4.90 Å². The summed E-state index contributed by atoms with van der Waals surface area (Å²) in [5, 5.41) is 43.1. The van der Waals surface area contributed by atoms with E-state index in [0.717, 1.165) is 12.8 Å². The molecule has 0 aromatic carbocycles. The minimum Gasteiger partial charge on any atom is -0.479 e. The van der Waals surface area contributed by atoms with Gasteiger partial charge in [0.25, 0.3) is 0 Å². The third-order valence-corrected chi connectivity index (χ3v) is 5.36. The first-order valence-corrected chi connectivity index (χ1v) is 12.5. The van der Waals surface area contributed by atoms with Crippen LogP contribution in [0.5, 0.6) is 0 Å². The number of nitrogens with zero attached hydrogens (tertiary/aromatic N) is 1. The molecule has 0 bridgehead atoms. The summed E-state index contributed by atoms with van der Waals surface area (Å²) in [7, 11) is 0. The summed E-state index contributed by atoms with van der Waals surface area (Å²) < 4.78 is 0. The van der Waals surface area contributed by atoms with E-state index < -0.39 is 12.1 Å². The quantitative estimate of drug-likeness (QED) is 0.160. The van der Waals surface area contributed by atoms with E-state index >= 15 is 0 Å². The second-order valence-electron chi connectivity index (χ2n) is 8.25. The molecule has 0 saturated heterocycles. The lowest BCUT2D eigenvalue weighted by Crippen LogP contribution is -2.32. The summed E-state index contributed by atoms with van der Waals surface area (Å²) >= 11 is 0. The maximum Gasteiger partial charge on any atom is 0.332 e. The fraction of sp³-hybridized carbons (Fsp3) is 0.958. The first kappa shape index (κ1) is 32.4. The predicted octanol–water partition coefficient (Wildman–Crippen LogP) is 3.57. The Morgan fingerprint density at radius 2 is 0.968 bits per heavy atom. The van der Waals surface area contributed by atoms with Crippen molar-refractivity contribution >= 4 is 5.97 Å². The van der Waals surface area contributed by atoms with Crippen LogP contribution in [-0.2, 0) is 4.79 Å². The van der Waals surface area contributed by atoms with Gasteiger partial charge in [0, 0.05) is 19.6 Å². The Morgan fingerprint density at radius 3 is 1.26 bits per heavy atom. The minimum atomic E-state index is -1.16. The molecule has 0 rings (SSSR count). The van der Waals surface area contributed by atoms with Crippen LogP contribution in [0.2, 0.25) is 0 Å². The Bertz CT molecular complexity index is 343. The van der Waals surface area contributed by atoms with Crippen LogP contribution in [0, 0.1) is 0 Å². The lowest BCUT2D eigenvalue weighted by molar-refractivity contribution is -0.146. The van der Waals surface area contributed by atoms with Crippen molar-refractivity contribution in [3.05, 3.63) is 0 Å². The zero-order valence-corrected chi connectivity index (χ0v) is 20.0. The summed E-state index contributed by atoms with van der Waals surface area (Å²) in [6, 6.07) is 0. The van der Waals surface area contributed by atoms with Gasteiger partial charge in [-0.05, 0) is 6.42 Å². The fourth-order valence-corrected chi connectivity index (χ4v) is 3.42. The average Bonchev–Trinajstić information content (AvgIpc) is 2.75. The topological polar surface area (TPSA) is 121 Å². The standard InChI is InChI=1S/C18H36O3.C6H15NO3/c1-2-3-4-5-6-7-8-9-10-11-12-13-14-15-16-17(19)18(20)21;8-4-1-7(2-5-9)3-6-10/h17,19H,2-16H2,1H3,(H,20,21);8-10H,1-6H2. The van der Waals surface area contributed by atoms with Crippen molar-refractivity contribution in [3.8, 4) is 0 Å². The van der Waals surface area contributed by atoms with Gasteiger partial charge < -0.3 is 25.5 Å². The Kier molecular flexibility index (Phi) is 28.6. The molecule has 1 unspecified atom stereocenters. The first-order chi connectivity index (χ1) is 15.0. The molecule has 0 aliphatic rings. The molecule has 0 aromatic rings. The van der Waals surface area contributed by atoms with Gasteiger partial charge in [0.2, 0.25) is 0 Å². The summed E-state index contributed by atoms with van der Waals surface area (Å²) in [6.07, 6.45) is 17.3. The number of unbranched alkanes of at least 4 members (excludes halogenated alkanes) is 13. The molecule has 0 radical (unpaired) electrons. The number of aliphatic hydroxyl groups excluding tert-OH is 4. The van der Waals surface area contributed by atoms with Gasteiger partial charge in [-0.2, -0.15) is 0 Å². The molecule has 0 aliphatic heterocycles. The number of carbonyl (C=O) groups is 1. The average molecular weight is 450 g/mol. The Hall–Kier alpha value is -0.730. The van der Waals surface area contributed by atoms with Crippen LogP contribution < -0.4 is 0 Å². The second kappa shape index (κ2) is 27.3. The van der Waals surface area contributed by atoms with Crippen LogP contribution in [0.1, 0.15) is 103 Å². The van der Waals surface area contributed by atoms with Gasteiger partial charge in [-0.3, -0.25) is 4.90 Å². The second-order valence-corrected chi connectivity index (χ2v) is 8.25. The van der Waals surface area contributed by atoms with Gasteiger partial charge in [0.15, 0.2) is 6.10 Å². The monoisotopic (exact) mass is 449 g/mol. The van der Waals surface area contributed by atoms with Crippen molar-refractivity contribution in [1.29, 1.82) is 0 Å². The SMILES string of the molecule is CCCCCCCCCCCCCCCCC(O)C(=O)O.OCCN(CCO)CCO. The highest BCUT2D eigenvalue weighted by molar-refractivity contribution is 5.71. The Morgan fingerprint density at radius 1 is 0.645 bits per heavy atom. The van der Waals surface area contributed by atoms with Gasteiger partial charge in [-0.1, -0.05) is 96.8 Å². The van der Waals surface area contributed by atoms with Gasteiger partial charge in [-0.25, -0.2) is 4.79 Å². The molecule has 5 N–H and O–H groups in total. The van der Waals surface area contributed by atoms with Crippen molar-refractivity contribution in [1.82, 2.24) is 4.90 Å². The van der Waals surface area contributed by atoms with E-state index in [1.807, 2.05) is 0 Å². The zero-order chi connectivity index (χ0) is 23.6. The molecule has 0 aromatic heterocycles. The molecule has 188 valence electrons. The van der Waals surface area contributed by atoms with Gasteiger partial charge in [-0.15, -0.1) is 0 Å². The molecule has 0 spiro atoms. The predicted molar refractivity (Wildman–Crippen MR) is 126 cm³/mol. The molecule has 7 heteroatoms. The van der Waals surface area contributed by atoms with Crippen molar-refractivity contribution < 1.29 is 30.3 Å². The van der Waals surface area contributed by atoms with Crippen molar-refractivity contribution in [3.63, 3.8) is 0 Å². The molecular weight excluding hydrogens is 398 g/mol. The highest BCUT2D eigenvalue weighted by Gasteiger charge is 2.11. The molecule has 31 heavy (non-hydrogen) atoms. The number of aliphatic carboxylic acids is 1. The first-order valence-electron chi connectivity index (χ1n) is 12.5. The maximum absolute atomic E-state index is 10.4. The number of hydrogen-bond donors (Lipinski definition) is 5. The van der Waals surface area contributed by atoms with E-state index in [9.17, 15) is 4.79 Å². The van der Waals surface area contributed by atoms with Gasteiger partial charge >= 0.3 is 5.97 Å². The maximum atomic E-state index is 10.4. The lowest BCUT2D eigenvalue weighted by Gasteiger charge is -2.17. The van der Waals surface area contributed by atoms with Crippen molar-refractivity contribution in [2.45, 2.75) is 109 Å². The lowest BCUT2D eigenvalue weighted by atomic mass is 10.0. The summed E-state index contributed by atoms with van der Waals surface area (Å²) in [6.45, 7) is 4.01. The van der Waals surface area contributed by atoms with Crippen LogP contribution >= 0.6 is 0 Å². The van der Waals surface area contributed by atoms with Crippen molar-refractivity contribution in [2.24, 2.45) is 0 Å². The van der Waals surface area contributed by atoms with Crippen LogP contribution in [0.4, 0.5) is 0 Å². The zero-order valence-electron chi connectivity index (χ0n) is 20.0.